The number of aliphatic carboxylic acids is 2. The molecule has 5 amide bonds. The summed E-state index contributed by atoms with van der Waals surface area (Å²) < 4.78 is 55.5. The van der Waals surface area contributed by atoms with Crippen LogP contribution in [0.3, 0.4) is 0 Å². The summed E-state index contributed by atoms with van der Waals surface area (Å²) in [4.78, 5) is 112. The predicted molar refractivity (Wildman–Crippen MR) is 393 cm³/mol. The van der Waals surface area contributed by atoms with Crippen LogP contribution in [0, 0.1) is 29.1 Å². The number of thiazole rings is 1. The molecule has 4 aromatic carbocycles. The number of anilines is 1. The van der Waals surface area contributed by atoms with Gasteiger partial charge >= 0.3 is 24.0 Å². The van der Waals surface area contributed by atoms with Crippen molar-refractivity contribution in [3.63, 3.8) is 0 Å². The number of ether oxygens (including phenoxy) is 3. The van der Waals surface area contributed by atoms with E-state index < -0.39 is 99.6 Å². The number of nitrogens with zero attached hydrogens (tertiary/aromatic N) is 5. The van der Waals surface area contributed by atoms with E-state index in [1.54, 1.807) is 43.6 Å². The maximum atomic E-state index is 13.9. The van der Waals surface area contributed by atoms with Crippen molar-refractivity contribution in [1.29, 1.82) is 0 Å². The number of carbonyl (C=O) groups excluding carboxylic acids is 5. The minimum Gasteiger partial charge on any atom is -0.488 e. The molecule has 3 heterocycles. The van der Waals surface area contributed by atoms with Crippen molar-refractivity contribution >= 4 is 95.2 Å². The number of rotatable bonds is 34. The number of para-hydroxylation sites is 1. The molecular formula is C76H91N9O20S2. The van der Waals surface area contributed by atoms with Gasteiger partial charge in [-0.25, -0.2) is 19.6 Å². The van der Waals surface area contributed by atoms with E-state index in [1.807, 2.05) is 66.2 Å². The molecule has 8 atom stereocenters. The molecule has 11 N–H and O–H groups in total. The second-order valence-corrected chi connectivity index (χ2v) is 32.5. The largest absolute Gasteiger partial charge is 0.488 e. The summed E-state index contributed by atoms with van der Waals surface area (Å²) in [5.74, 6) is -8.40. The molecule has 2 unspecified atom stereocenters. The smallest absolute Gasteiger partial charge is 0.409 e. The maximum Gasteiger partial charge on any atom is 0.409 e. The molecule has 3 aromatic heterocycles. The van der Waals surface area contributed by atoms with Gasteiger partial charge < -0.3 is 65.7 Å². The SMILES string of the molecule is Cc1c(-c2ccc(-c3ccc4cccc(C(=O)Nc5nc6ccccc6s5)c4c3)nc2C(=O)O)cnn1CC12CC3(C)CC(C)(C1)CC(OCCN(C)C(=O)OCc1ccc(O[C@@H]4C[C@H](C(=O)O)[C@@H](O)[C@H](O)[C@H]4O)cc1CCCCNC(=O)[C@H](CS(=O)(=O)O)NC(=O)CCCCCNC(=O)CCC(=O)O)(C3)C2. The molecule has 0 spiro atoms. The number of fused-ring (bicyclic) bond motifs is 2. The third-order valence-electron chi connectivity index (χ3n) is 21.0. The maximum absolute atomic E-state index is 13.9. The predicted octanol–water partition coefficient (Wildman–Crippen LogP) is 8.33. The molecule has 31 heteroatoms. The molecule has 0 aliphatic heterocycles. The lowest BCUT2D eigenvalue weighted by Gasteiger charge is -2.69. The van der Waals surface area contributed by atoms with Crippen LogP contribution in [0.4, 0.5) is 9.93 Å². The van der Waals surface area contributed by atoms with Crippen LogP contribution in [0.25, 0.3) is 43.4 Å². The van der Waals surface area contributed by atoms with Crippen molar-refractivity contribution in [3.8, 4) is 28.1 Å². The van der Waals surface area contributed by atoms with Gasteiger partial charge in [-0.15, -0.1) is 0 Å². The van der Waals surface area contributed by atoms with E-state index in [4.69, 9.17) is 29.4 Å². The van der Waals surface area contributed by atoms with Crippen molar-refractivity contribution in [2.75, 3.05) is 44.4 Å². The van der Waals surface area contributed by atoms with Crippen molar-refractivity contribution in [1.82, 2.24) is 40.6 Å². The first kappa shape index (κ1) is 78.6. The van der Waals surface area contributed by atoms with Crippen LogP contribution in [-0.2, 0) is 63.1 Å². The number of carboxylic acid groups (broad SMARTS) is 3. The van der Waals surface area contributed by atoms with Gasteiger partial charge in [0.2, 0.25) is 17.7 Å². The number of carbonyl (C=O) groups is 8. The Morgan fingerprint density at radius 3 is 2.22 bits per heavy atom. The normalized spacial score (nSPS) is 23.3. The van der Waals surface area contributed by atoms with Gasteiger partial charge in [-0.1, -0.05) is 74.1 Å². The Hall–Kier alpha value is -9.50. The summed E-state index contributed by atoms with van der Waals surface area (Å²) >= 11 is 1.38. The van der Waals surface area contributed by atoms with Crippen LogP contribution in [0.5, 0.6) is 5.75 Å². The van der Waals surface area contributed by atoms with Crippen molar-refractivity contribution in [2.24, 2.45) is 22.2 Å². The van der Waals surface area contributed by atoms with E-state index in [1.165, 1.54) is 22.3 Å². The lowest BCUT2D eigenvalue weighted by atomic mass is 9.39. The second kappa shape index (κ2) is 32.9. The summed E-state index contributed by atoms with van der Waals surface area (Å²) in [6.45, 7) is 7.53. The van der Waals surface area contributed by atoms with E-state index in [9.17, 15) is 76.9 Å². The molecule has 5 aliphatic carbocycles. The van der Waals surface area contributed by atoms with Crippen LogP contribution in [0.15, 0.2) is 97.2 Å². The van der Waals surface area contributed by atoms with Gasteiger partial charge in [0.15, 0.2) is 10.8 Å². The highest BCUT2D eigenvalue weighted by molar-refractivity contribution is 7.85. The fraction of sp³-hybridized carbons (Fsp3) is 0.487. The van der Waals surface area contributed by atoms with Crippen LogP contribution in [0.1, 0.15) is 148 Å². The number of pyridine rings is 1. The van der Waals surface area contributed by atoms with Crippen molar-refractivity contribution in [2.45, 2.75) is 173 Å². The van der Waals surface area contributed by atoms with Crippen molar-refractivity contribution < 1.29 is 96.2 Å². The molecule has 12 rings (SSSR count). The summed E-state index contributed by atoms with van der Waals surface area (Å²) in [6.07, 6.45) is 1.04. The van der Waals surface area contributed by atoms with Gasteiger partial charge in [-0.05, 0) is 164 Å². The first-order chi connectivity index (χ1) is 50.8. The zero-order valence-corrected chi connectivity index (χ0v) is 61.6. The van der Waals surface area contributed by atoms with Crippen LogP contribution in [0.2, 0.25) is 0 Å². The Morgan fingerprint density at radius 1 is 0.748 bits per heavy atom. The number of benzene rings is 4. The third-order valence-corrected chi connectivity index (χ3v) is 22.7. The standard InChI is InChI=1S/C76H91N9O20S2/c1-44-54(50-23-24-55(81-63(50)70(97)98)47-20-19-45-14-12-15-51(52(45)32-47)67(93)83-71-82-56-16-7-8-17-59(56)106-71)34-79-85(44)43-75-38-73(2)37-74(3,39-75)41-76(40-73,42-75)104-30-29-84(4)72(99)103-35-48-21-22-49(105-58-33-53(69(95)96)64(90)66(92)65(58)91)31-46(48)13-9-11-28-78-68(94)57(36-107(100,101)102)80-61(87)18-6-5-10-27-77-60(86)25-26-62(88)89/h7-8,12,14-17,19-24,31-32,34,53,57-58,64-66,90-92H,5-6,9-11,13,18,25-30,33,35-43H2,1-4H3,(H,77,86)(H,78,94)(H,80,87)(H,88,89)(H,95,96)(H,97,98)(H,82,83,93)(H,100,101,102)/t53-,57-,58+,64+,65-,66-,73?,74?,75?,76?/m0/s1. The van der Waals surface area contributed by atoms with E-state index in [0.29, 0.717) is 81.8 Å². The number of hydrogen-bond acceptors (Lipinski definition) is 20. The molecule has 5 aliphatic rings. The van der Waals surface area contributed by atoms with E-state index in [0.717, 1.165) is 59.8 Å². The first-order valence-electron chi connectivity index (χ1n) is 35.8. The highest BCUT2D eigenvalue weighted by Gasteiger charge is 2.66. The minimum absolute atomic E-state index is 0.0130. The summed E-state index contributed by atoms with van der Waals surface area (Å²) in [7, 11) is -3.14. The van der Waals surface area contributed by atoms with Gasteiger partial charge in [0.1, 0.15) is 42.5 Å². The van der Waals surface area contributed by atoms with Gasteiger partial charge in [0.25, 0.3) is 16.0 Å². The second-order valence-electron chi connectivity index (χ2n) is 30.0. The number of aromatic carboxylic acids is 1. The lowest BCUT2D eigenvalue weighted by molar-refractivity contribution is -0.248. The Kier molecular flexibility index (Phi) is 24.2. The highest BCUT2D eigenvalue weighted by atomic mass is 32.2. The topological polar surface area (TPSA) is 435 Å². The fourth-order valence-electron chi connectivity index (χ4n) is 17.1. The molecular weight excluding hydrogens is 1420 g/mol. The molecule has 572 valence electrons. The number of aromatic nitrogens is 4. The molecule has 0 radical (unpaired) electrons. The Labute approximate surface area is 621 Å². The highest BCUT2D eigenvalue weighted by Crippen LogP contribution is 2.72. The van der Waals surface area contributed by atoms with E-state index >= 15 is 0 Å². The van der Waals surface area contributed by atoms with Crippen LogP contribution in [-0.4, -0.2) is 191 Å². The fourth-order valence-corrected chi connectivity index (χ4v) is 18.7. The monoisotopic (exact) mass is 1510 g/mol. The number of amides is 5. The zero-order valence-electron chi connectivity index (χ0n) is 60.0. The Morgan fingerprint density at radius 2 is 1.50 bits per heavy atom. The number of aryl methyl sites for hydroxylation is 1. The van der Waals surface area contributed by atoms with Gasteiger partial charge in [-0.3, -0.25) is 43.3 Å². The van der Waals surface area contributed by atoms with Gasteiger partial charge in [-0.2, -0.15) is 13.5 Å². The number of carboxylic acids is 3. The van der Waals surface area contributed by atoms with Gasteiger partial charge in [0, 0.05) is 80.4 Å². The summed E-state index contributed by atoms with van der Waals surface area (Å²) in [6, 6.07) is 25.3. The zero-order chi connectivity index (χ0) is 76.8. The molecule has 7 aromatic rings. The van der Waals surface area contributed by atoms with Crippen LogP contribution < -0.4 is 26.0 Å². The molecule has 0 saturated heterocycles. The molecule has 5 saturated carbocycles. The minimum atomic E-state index is -4.75. The molecule has 4 bridgehead atoms. The number of likely N-dealkylation sites (N-methyl/N-ethyl adjacent to an activating group) is 1. The number of hydrogen-bond donors (Lipinski definition) is 11. The summed E-state index contributed by atoms with van der Waals surface area (Å²) in [5.41, 5.74) is 4.15. The van der Waals surface area contributed by atoms with Gasteiger partial charge in [0.05, 0.1) is 52.8 Å². The van der Waals surface area contributed by atoms with Crippen LogP contribution >= 0.6 is 11.3 Å². The third kappa shape index (κ3) is 19.3. The number of aliphatic hydroxyl groups excluding tert-OH is 3. The average molecular weight is 1510 g/mol. The number of unbranched alkanes of at least 4 members (excludes halogenated alkanes) is 3. The van der Waals surface area contributed by atoms with E-state index in [-0.39, 0.29) is 105 Å². The van der Waals surface area contributed by atoms with E-state index in [2.05, 4.69) is 40.1 Å². The Bertz CT molecular complexity index is 4590. The Balaban J connectivity index is 0.708. The molecule has 29 nitrogen and oxygen atoms in total. The lowest BCUT2D eigenvalue weighted by Crippen LogP contribution is -2.64. The quantitative estimate of drug-likeness (QED) is 0.0133. The number of aliphatic hydroxyl groups is 3. The molecule has 5 fully saturated rings. The van der Waals surface area contributed by atoms with Crippen molar-refractivity contribution in [3.05, 3.63) is 125 Å². The molecule has 107 heavy (non-hydrogen) atoms. The average Bonchev–Trinajstić information content (AvgIpc) is 0.789. The summed E-state index contributed by atoms with van der Waals surface area (Å²) in [5, 5.41) is 78.5. The number of nitrogens with one attached hydrogen (secondary N) is 4. The first-order valence-corrected chi connectivity index (χ1v) is 38.3.